The molecule has 0 radical (unpaired) electrons. The fourth-order valence-electron chi connectivity index (χ4n) is 5.38. The van der Waals surface area contributed by atoms with Crippen LogP contribution in [-0.4, -0.2) is 38.9 Å². The second kappa shape index (κ2) is 15.3. The fraction of sp³-hybridized carbons (Fsp3) is 0.222. The van der Waals surface area contributed by atoms with E-state index in [0.29, 0.717) is 24.9 Å². The smallest absolute Gasteiger partial charge is 0.262 e. The molecule has 3 N–H and O–H groups in total. The van der Waals surface area contributed by atoms with E-state index in [4.69, 9.17) is 0 Å². The van der Waals surface area contributed by atoms with E-state index in [0.717, 1.165) is 23.2 Å². The van der Waals surface area contributed by atoms with Gasteiger partial charge < -0.3 is 5.32 Å². The number of carbonyl (C=O) groups excluding carboxylic acids is 2. The van der Waals surface area contributed by atoms with Crippen molar-refractivity contribution in [2.24, 2.45) is 0 Å². The number of hydrogen-bond donors (Lipinski definition) is 3. The van der Waals surface area contributed by atoms with E-state index in [9.17, 15) is 18.0 Å². The molecule has 0 aliphatic carbocycles. The van der Waals surface area contributed by atoms with E-state index in [1.54, 1.807) is 30.3 Å². The lowest BCUT2D eigenvalue weighted by Crippen LogP contribution is -2.50. The Morgan fingerprint density at radius 2 is 1.38 bits per heavy atom. The highest BCUT2D eigenvalue weighted by Crippen LogP contribution is 2.25. The number of amides is 2. The highest BCUT2D eigenvalue weighted by atomic mass is 32.2. The topological polar surface area (TPSA) is 108 Å². The molecule has 0 saturated carbocycles. The zero-order valence-electron chi connectivity index (χ0n) is 25.0. The van der Waals surface area contributed by atoms with Crippen LogP contribution in [0.4, 0.5) is 5.69 Å². The molecule has 232 valence electrons. The molecule has 5 rings (SSSR count). The third-order valence-corrected chi connectivity index (χ3v) is 9.00. The van der Waals surface area contributed by atoms with Crippen LogP contribution in [0.15, 0.2) is 127 Å². The van der Waals surface area contributed by atoms with Crippen molar-refractivity contribution < 1.29 is 18.0 Å². The Balaban J connectivity index is 1.31. The van der Waals surface area contributed by atoms with Crippen LogP contribution in [0.3, 0.4) is 0 Å². The van der Waals surface area contributed by atoms with Crippen LogP contribution >= 0.6 is 0 Å². The lowest BCUT2D eigenvalue weighted by molar-refractivity contribution is -0.123. The summed E-state index contributed by atoms with van der Waals surface area (Å²) in [7, 11) is -3.85. The van der Waals surface area contributed by atoms with Crippen LogP contribution in [-0.2, 0) is 44.6 Å². The van der Waals surface area contributed by atoms with Crippen molar-refractivity contribution >= 4 is 27.5 Å². The fourth-order valence-corrected chi connectivity index (χ4v) is 6.72. The molecule has 0 fully saturated rings. The molecular formula is C36H38N4O4S. The number of benzene rings is 4. The molecule has 1 heterocycles. The Kier molecular flexibility index (Phi) is 10.8. The molecule has 0 saturated heterocycles. The second-order valence-electron chi connectivity index (χ2n) is 11.1. The predicted octanol–water partition coefficient (Wildman–Crippen LogP) is 4.49. The van der Waals surface area contributed by atoms with Gasteiger partial charge in [0.05, 0.1) is 11.4 Å². The summed E-state index contributed by atoms with van der Waals surface area (Å²) in [4.78, 5) is 26.7. The van der Waals surface area contributed by atoms with Gasteiger partial charge in [-0.3, -0.25) is 20.0 Å². The van der Waals surface area contributed by atoms with Crippen molar-refractivity contribution in [3.63, 3.8) is 0 Å². The Morgan fingerprint density at radius 1 is 0.778 bits per heavy atom. The van der Waals surface area contributed by atoms with E-state index in [1.165, 1.54) is 11.6 Å². The molecule has 0 aromatic heterocycles. The van der Waals surface area contributed by atoms with Crippen LogP contribution in [0.25, 0.3) is 0 Å². The van der Waals surface area contributed by atoms with E-state index in [1.807, 2.05) is 96.0 Å². The first-order valence-corrected chi connectivity index (χ1v) is 16.8. The van der Waals surface area contributed by atoms with Gasteiger partial charge in [-0.2, -0.15) is 0 Å². The zero-order valence-corrected chi connectivity index (χ0v) is 25.8. The second-order valence-corrected chi connectivity index (χ2v) is 12.9. The number of rotatable bonds is 14. The molecule has 4 aromatic rings. The van der Waals surface area contributed by atoms with Gasteiger partial charge in [0.2, 0.25) is 15.9 Å². The molecule has 1 unspecified atom stereocenters. The van der Waals surface area contributed by atoms with Crippen LogP contribution in [0.1, 0.15) is 28.7 Å². The molecule has 2 atom stereocenters. The summed E-state index contributed by atoms with van der Waals surface area (Å²) in [5.74, 6) is -1.02. The number of hydrogen-bond acceptors (Lipinski definition) is 5. The first-order chi connectivity index (χ1) is 21.8. The van der Waals surface area contributed by atoms with Gasteiger partial charge in [-0.25, -0.2) is 13.1 Å². The standard InChI is InChI=1S/C36H38N4O4S/c41-35(38-40-25-24-31-18-10-11-19-34(31)40)23-22-32(21-20-28-12-4-1-5-13-28)37-36(42)33(26-29-14-6-2-7-15-29)39-45(43,44)27-30-16-8-3-9-17-30/h1-19,22-23,32-33,39H,20-21,24-27H2,(H,37,42)(H,38,41)/t32?,33-/m0/s1. The number of hydrazine groups is 1. The van der Waals surface area contributed by atoms with Crippen LogP contribution in [0.2, 0.25) is 0 Å². The van der Waals surface area contributed by atoms with Gasteiger partial charge in [0.15, 0.2) is 0 Å². The Labute approximate surface area is 265 Å². The van der Waals surface area contributed by atoms with Crippen molar-refractivity contribution in [3.05, 3.63) is 150 Å². The average Bonchev–Trinajstić information content (AvgIpc) is 3.45. The minimum absolute atomic E-state index is 0.171. The maximum atomic E-state index is 13.8. The third kappa shape index (κ3) is 9.63. The van der Waals surface area contributed by atoms with Crippen molar-refractivity contribution in [1.82, 2.24) is 15.5 Å². The summed E-state index contributed by atoms with van der Waals surface area (Å²) in [5.41, 5.74) is 7.61. The summed E-state index contributed by atoms with van der Waals surface area (Å²) >= 11 is 0. The summed E-state index contributed by atoms with van der Waals surface area (Å²) in [6.07, 6.45) is 5.30. The number of carbonyl (C=O) groups is 2. The molecule has 8 nitrogen and oxygen atoms in total. The first-order valence-electron chi connectivity index (χ1n) is 15.1. The monoisotopic (exact) mass is 622 g/mol. The number of nitrogens with one attached hydrogen (secondary N) is 3. The van der Waals surface area contributed by atoms with Crippen molar-refractivity contribution in [2.45, 2.75) is 43.5 Å². The van der Waals surface area contributed by atoms with Crippen LogP contribution in [0, 0.1) is 0 Å². The predicted molar refractivity (Wildman–Crippen MR) is 178 cm³/mol. The van der Waals surface area contributed by atoms with Gasteiger partial charge in [-0.1, -0.05) is 115 Å². The van der Waals surface area contributed by atoms with Crippen LogP contribution in [0.5, 0.6) is 0 Å². The third-order valence-electron chi connectivity index (χ3n) is 7.65. The molecule has 0 bridgehead atoms. The molecule has 1 aliphatic heterocycles. The Hall–Kier alpha value is -4.73. The van der Waals surface area contributed by atoms with Gasteiger partial charge in [0.1, 0.15) is 6.04 Å². The molecular weight excluding hydrogens is 584 g/mol. The van der Waals surface area contributed by atoms with Crippen LogP contribution < -0.4 is 20.5 Å². The molecule has 4 aromatic carbocycles. The summed E-state index contributed by atoms with van der Waals surface area (Å²) in [6.45, 7) is 0.678. The van der Waals surface area contributed by atoms with Crippen molar-refractivity contribution in [3.8, 4) is 0 Å². The zero-order chi connectivity index (χ0) is 31.5. The number of para-hydroxylation sites is 1. The van der Waals surface area contributed by atoms with Gasteiger partial charge in [0, 0.05) is 18.7 Å². The summed E-state index contributed by atoms with van der Waals surface area (Å²) in [5, 5.41) is 4.84. The molecule has 9 heteroatoms. The van der Waals surface area contributed by atoms with Gasteiger partial charge >= 0.3 is 0 Å². The number of anilines is 1. The quantitative estimate of drug-likeness (QED) is 0.180. The lowest BCUT2D eigenvalue weighted by atomic mass is 10.0. The minimum atomic E-state index is -3.85. The highest BCUT2D eigenvalue weighted by molar-refractivity contribution is 7.88. The summed E-state index contributed by atoms with van der Waals surface area (Å²) in [6, 6.07) is 34.4. The van der Waals surface area contributed by atoms with Crippen molar-refractivity contribution in [1.29, 1.82) is 0 Å². The SMILES string of the molecule is O=C(C=CC(CCc1ccccc1)NC(=O)[C@H](Cc1ccccc1)NS(=O)(=O)Cc1ccccc1)NN1CCc2ccccc21. The van der Waals surface area contributed by atoms with E-state index >= 15 is 0 Å². The van der Waals surface area contributed by atoms with Crippen molar-refractivity contribution in [2.75, 3.05) is 11.6 Å². The molecule has 45 heavy (non-hydrogen) atoms. The van der Waals surface area contributed by atoms with Gasteiger partial charge in [-0.05, 0) is 54.0 Å². The normalized spacial score (nSPS) is 14.1. The number of sulfonamides is 1. The minimum Gasteiger partial charge on any atom is -0.348 e. The molecule has 2 amide bonds. The van der Waals surface area contributed by atoms with Gasteiger partial charge in [-0.15, -0.1) is 0 Å². The maximum absolute atomic E-state index is 13.8. The first kappa shape index (κ1) is 31.7. The number of fused-ring (bicyclic) bond motifs is 1. The Bertz CT molecular complexity index is 1700. The number of nitrogens with zero attached hydrogens (tertiary/aromatic N) is 1. The van der Waals surface area contributed by atoms with Gasteiger partial charge in [0.25, 0.3) is 5.91 Å². The average molecular weight is 623 g/mol. The maximum Gasteiger partial charge on any atom is 0.262 e. The van der Waals surface area contributed by atoms with E-state index in [-0.39, 0.29) is 18.1 Å². The number of aryl methyl sites for hydroxylation is 1. The highest BCUT2D eigenvalue weighted by Gasteiger charge is 2.27. The largest absolute Gasteiger partial charge is 0.348 e. The summed E-state index contributed by atoms with van der Waals surface area (Å²) < 4.78 is 29.1. The molecule has 1 aliphatic rings. The van der Waals surface area contributed by atoms with E-state index in [2.05, 4.69) is 15.5 Å². The van der Waals surface area contributed by atoms with E-state index < -0.39 is 28.0 Å². The molecule has 0 spiro atoms. The Morgan fingerprint density at radius 3 is 2.07 bits per heavy atom. The lowest BCUT2D eigenvalue weighted by Gasteiger charge is -2.23.